The number of carbonyl (C=O) groups excluding carboxylic acids is 1. The smallest absolute Gasteiger partial charge is 0.339 e. The van der Waals surface area contributed by atoms with Crippen molar-refractivity contribution in [3.8, 4) is 11.5 Å². The molecule has 0 amide bonds. The van der Waals surface area contributed by atoms with Gasteiger partial charge in [-0.2, -0.15) is 19.8 Å². The zero-order chi connectivity index (χ0) is 29.2. The first-order chi connectivity index (χ1) is 19.7. The highest BCUT2D eigenvalue weighted by Gasteiger charge is 2.17. The number of anilines is 1. The van der Waals surface area contributed by atoms with E-state index in [2.05, 4.69) is 11.4 Å². The molecule has 0 saturated heterocycles. The molecule has 3 aromatic carbocycles. The molecule has 41 heavy (non-hydrogen) atoms. The maximum absolute atomic E-state index is 12.7. The van der Waals surface area contributed by atoms with Gasteiger partial charge in [0.25, 0.3) is 0 Å². The molecule has 10 heteroatoms. The number of carbonyl (C=O) groups is 1. The van der Waals surface area contributed by atoms with E-state index in [0.29, 0.717) is 39.6 Å². The number of ether oxygens (including phenoxy) is 2. The Morgan fingerprint density at radius 2 is 1.80 bits per heavy atom. The van der Waals surface area contributed by atoms with Crippen LogP contribution in [-0.2, 0) is 32.7 Å². The van der Waals surface area contributed by atoms with Crippen molar-refractivity contribution in [2.24, 2.45) is 0 Å². The van der Waals surface area contributed by atoms with Gasteiger partial charge < -0.3 is 19.4 Å². The lowest BCUT2D eigenvalue weighted by atomic mass is 10.0. The number of nitrogen functional groups attached to an aromatic ring is 1. The van der Waals surface area contributed by atoms with E-state index in [-0.39, 0.29) is 29.8 Å². The molecule has 0 aliphatic rings. The fraction of sp³-hybridized carbons (Fsp3) is 0.194. The molecule has 0 aliphatic carbocycles. The Morgan fingerprint density at radius 1 is 1.02 bits per heavy atom. The minimum atomic E-state index is -4.00. The van der Waals surface area contributed by atoms with E-state index in [9.17, 15) is 13.2 Å². The predicted octanol–water partition coefficient (Wildman–Crippen LogP) is 7.30. The number of aryl methyl sites for hydroxylation is 1. The summed E-state index contributed by atoms with van der Waals surface area (Å²) in [5.41, 5.74) is 9.63. The molecule has 0 saturated carbocycles. The molecule has 0 spiro atoms. The predicted molar refractivity (Wildman–Crippen MR) is 163 cm³/mol. The third-order valence-electron chi connectivity index (χ3n) is 6.07. The molecule has 4 rings (SSSR count). The standard InChI is InChI=1S/C31H30ClNO6S2/c1-2-37-31(34)23(8-6-7-22-15-16-40-21-22)17-24-18-26(12-14-30(24)33)38-20-25-19-27(11-13-29(25)32)39-41(35,36)28-9-4-3-5-10-28/h3-5,9-19,21H,2,6-8,20,33H2,1H3/b23-17+. The Bertz CT molecular complexity index is 1600. The van der Waals surface area contributed by atoms with Crippen LogP contribution < -0.4 is 14.7 Å². The number of hydrogen-bond donors (Lipinski definition) is 1. The third-order valence-corrected chi connectivity index (χ3v) is 8.43. The van der Waals surface area contributed by atoms with E-state index >= 15 is 0 Å². The van der Waals surface area contributed by atoms with Crippen LogP contribution in [0.5, 0.6) is 11.5 Å². The summed E-state index contributed by atoms with van der Waals surface area (Å²) < 4.78 is 41.8. The van der Waals surface area contributed by atoms with Crippen molar-refractivity contribution in [1.82, 2.24) is 0 Å². The fourth-order valence-corrected chi connectivity index (χ4v) is 5.79. The van der Waals surface area contributed by atoms with Crippen LogP contribution in [0.15, 0.2) is 94.0 Å². The average molecular weight is 612 g/mol. The van der Waals surface area contributed by atoms with E-state index in [1.165, 1.54) is 29.8 Å². The van der Waals surface area contributed by atoms with Crippen molar-refractivity contribution in [2.75, 3.05) is 12.3 Å². The zero-order valence-corrected chi connectivity index (χ0v) is 24.8. The number of halogens is 1. The lowest BCUT2D eigenvalue weighted by molar-refractivity contribution is -0.138. The molecule has 4 aromatic rings. The van der Waals surface area contributed by atoms with Gasteiger partial charge in [0, 0.05) is 27.4 Å². The van der Waals surface area contributed by atoms with Gasteiger partial charge in [-0.25, -0.2) is 4.79 Å². The second-order valence-electron chi connectivity index (χ2n) is 9.06. The summed E-state index contributed by atoms with van der Waals surface area (Å²) in [7, 11) is -4.00. The van der Waals surface area contributed by atoms with E-state index in [0.717, 1.165) is 12.8 Å². The molecule has 0 bridgehead atoms. The van der Waals surface area contributed by atoms with Crippen molar-refractivity contribution >= 4 is 50.8 Å². The fourth-order valence-electron chi connectivity index (χ4n) is 3.97. The van der Waals surface area contributed by atoms with Gasteiger partial charge in [-0.3, -0.25) is 0 Å². The Kier molecular flexibility index (Phi) is 10.5. The van der Waals surface area contributed by atoms with Crippen molar-refractivity contribution in [3.63, 3.8) is 0 Å². The summed E-state index contributed by atoms with van der Waals surface area (Å²) in [5.74, 6) is 0.225. The van der Waals surface area contributed by atoms with E-state index < -0.39 is 10.1 Å². The molecule has 0 atom stereocenters. The number of esters is 1. The highest BCUT2D eigenvalue weighted by atomic mass is 35.5. The van der Waals surface area contributed by atoms with Gasteiger partial charge in [0.15, 0.2) is 0 Å². The topological polar surface area (TPSA) is 105 Å². The summed E-state index contributed by atoms with van der Waals surface area (Å²) >= 11 is 8.01. The molecular formula is C31H30ClNO6S2. The molecule has 1 aromatic heterocycles. The quantitative estimate of drug-likeness (QED) is 0.0732. The lowest BCUT2D eigenvalue weighted by Crippen LogP contribution is -2.10. The Hall–Kier alpha value is -3.79. The molecule has 1 heterocycles. The van der Waals surface area contributed by atoms with Gasteiger partial charge in [-0.1, -0.05) is 29.8 Å². The number of hydrogen-bond acceptors (Lipinski definition) is 8. The Morgan fingerprint density at radius 3 is 2.54 bits per heavy atom. The summed E-state index contributed by atoms with van der Waals surface area (Å²) in [5, 5.41) is 4.52. The van der Waals surface area contributed by atoms with Crippen LogP contribution in [0.4, 0.5) is 5.69 Å². The van der Waals surface area contributed by atoms with E-state index in [4.69, 9.17) is 31.0 Å². The first-order valence-corrected chi connectivity index (χ1v) is 15.7. The summed E-state index contributed by atoms with van der Waals surface area (Å²) in [6, 6.07) is 19.6. The van der Waals surface area contributed by atoms with E-state index in [1.807, 2.05) is 5.38 Å². The molecule has 0 radical (unpaired) electrons. The summed E-state index contributed by atoms with van der Waals surface area (Å²) in [4.78, 5) is 12.7. The van der Waals surface area contributed by atoms with Gasteiger partial charge >= 0.3 is 16.1 Å². The molecule has 2 N–H and O–H groups in total. The molecule has 214 valence electrons. The number of rotatable bonds is 13. The van der Waals surface area contributed by atoms with Crippen molar-refractivity contribution < 1.29 is 26.9 Å². The normalized spacial score (nSPS) is 11.7. The number of benzene rings is 3. The largest absolute Gasteiger partial charge is 0.489 e. The highest BCUT2D eigenvalue weighted by molar-refractivity contribution is 7.87. The van der Waals surface area contributed by atoms with Crippen LogP contribution in [0.2, 0.25) is 5.02 Å². The number of thiophene rings is 1. The first-order valence-electron chi connectivity index (χ1n) is 12.9. The van der Waals surface area contributed by atoms with Crippen molar-refractivity contribution in [1.29, 1.82) is 0 Å². The SMILES string of the molecule is CCOC(=O)/C(=C/c1cc(OCc2cc(OS(=O)(=O)c3ccccc3)ccc2Cl)ccc1N)CCCc1ccsc1. The second kappa shape index (κ2) is 14.2. The van der Waals surface area contributed by atoms with Crippen LogP contribution in [0.25, 0.3) is 6.08 Å². The van der Waals surface area contributed by atoms with Crippen LogP contribution in [-0.4, -0.2) is 21.0 Å². The highest BCUT2D eigenvalue weighted by Crippen LogP contribution is 2.28. The first kappa shape index (κ1) is 30.2. The van der Waals surface area contributed by atoms with Gasteiger partial charge in [0.2, 0.25) is 0 Å². The van der Waals surface area contributed by atoms with Crippen LogP contribution >= 0.6 is 22.9 Å². The van der Waals surface area contributed by atoms with Crippen molar-refractivity contribution in [3.05, 3.63) is 111 Å². The van der Waals surface area contributed by atoms with Crippen molar-refractivity contribution in [2.45, 2.75) is 37.7 Å². The lowest BCUT2D eigenvalue weighted by Gasteiger charge is -2.13. The molecule has 0 fully saturated rings. The molecule has 0 unspecified atom stereocenters. The van der Waals surface area contributed by atoms with E-state index in [1.54, 1.807) is 66.8 Å². The Balaban J connectivity index is 1.48. The summed E-state index contributed by atoms with van der Waals surface area (Å²) in [6.45, 7) is 2.08. The molecule has 7 nitrogen and oxygen atoms in total. The van der Waals surface area contributed by atoms with Gasteiger partial charge in [0.1, 0.15) is 23.0 Å². The minimum Gasteiger partial charge on any atom is -0.489 e. The monoisotopic (exact) mass is 611 g/mol. The molecule has 0 aliphatic heterocycles. The number of nitrogens with two attached hydrogens (primary N) is 1. The second-order valence-corrected chi connectivity index (χ2v) is 11.8. The van der Waals surface area contributed by atoms with Crippen LogP contribution in [0, 0.1) is 0 Å². The third kappa shape index (κ3) is 8.60. The Labute approximate surface area is 249 Å². The minimum absolute atomic E-state index is 0.0415. The van der Waals surface area contributed by atoms with Gasteiger partial charge in [-0.05, 0) is 103 Å². The van der Waals surface area contributed by atoms with Gasteiger partial charge in [-0.15, -0.1) is 0 Å². The maximum Gasteiger partial charge on any atom is 0.339 e. The zero-order valence-electron chi connectivity index (χ0n) is 22.4. The van der Waals surface area contributed by atoms with Crippen LogP contribution in [0.3, 0.4) is 0 Å². The van der Waals surface area contributed by atoms with Crippen LogP contribution in [0.1, 0.15) is 36.5 Å². The maximum atomic E-state index is 12.7. The average Bonchev–Trinajstić information content (AvgIpc) is 3.48. The molecular weight excluding hydrogens is 582 g/mol. The van der Waals surface area contributed by atoms with Gasteiger partial charge in [0.05, 0.1) is 6.61 Å². The summed E-state index contributed by atoms with van der Waals surface area (Å²) in [6.07, 6.45) is 3.92.